The van der Waals surface area contributed by atoms with Gasteiger partial charge in [-0.25, -0.2) is 4.98 Å². The second-order valence-corrected chi connectivity index (χ2v) is 8.12. The number of para-hydroxylation sites is 1. The molecule has 0 saturated carbocycles. The van der Waals surface area contributed by atoms with Gasteiger partial charge in [0.15, 0.2) is 11.5 Å². The standard InChI is InChI=1S/C21H23N3O3S/c1-14(21-22-16-6-4-5-7-19(16)28-21)24(3)20(25)12-23(2)11-15-8-9-17-18(10-15)27-13-26-17/h4-10,14H,11-13H2,1-3H3/t14-/m1/s1. The molecule has 4 rings (SSSR count). The van der Waals surface area contributed by atoms with Gasteiger partial charge in [0.1, 0.15) is 5.01 Å². The molecule has 0 aliphatic carbocycles. The van der Waals surface area contributed by atoms with Crippen molar-refractivity contribution < 1.29 is 14.3 Å². The number of hydrogen-bond donors (Lipinski definition) is 0. The monoisotopic (exact) mass is 397 g/mol. The van der Waals surface area contributed by atoms with Crippen LogP contribution in [0, 0.1) is 0 Å². The van der Waals surface area contributed by atoms with Crippen LogP contribution in [0.4, 0.5) is 0 Å². The van der Waals surface area contributed by atoms with E-state index in [1.54, 1.807) is 16.2 Å². The number of ether oxygens (including phenoxy) is 2. The number of amides is 1. The van der Waals surface area contributed by atoms with E-state index < -0.39 is 0 Å². The molecule has 1 atom stereocenters. The minimum atomic E-state index is -0.0659. The number of aromatic nitrogens is 1. The first-order valence-electron chi connectivity index (χ1n) is 9.19. The largest absolute Gasteiger partial charge is 0.454 e. The van der Waals surface area contributed by atoms with Gasteiger partial charge in [-0.15, -0.1) is 11.3 Å². The number of benzene rings is 2. The maximum atomic E-state index is 12.8. The second kappa shape index (κ2) is 7.77. The number of rotatable bonds is 6. The van der Waals surface area contributed by atoms with E-state index in [-0.39, 0.29) is 18.7 Å². The number of likely N-dealkylation sites (N-methyl/N-ethyl adjacent to an activating group) is 2. The fraction of sp³-hybridized carbons (Fsp3) is 0.333. The molecule has 146 valence electrons. The highest BCUT2D eigenvalue weighted by atomic mass is 32.1. The van der Waals surface area contributed by atoms with Crippen LogP contribution in [0.5, 0.6) is 11.5 Å². The maximum absolute atomic E-state index is 12.8. The minimum absolute atomic E-state index is 0.0648. The van der Waals surface area contributed by atoms with Gasteiger partial charge in [0.05, 0.1) is 22.8 Å². The summed E-state index contributed by atoms with van der Waals surface area (Å²) >= 11 is 1.64. The third-order valence-corrected chi connectivity index (χ3v) is 6.14. The van der Waals surface area contributed by atoms with Crippen molar-refractivity contribution in [3.05, 3.63) is 53.0 Å². The number of hydrogen-bond acceptors (Lipinski definition) is 6. The fourth-order valence-electron chi connectivity index (χ4n) is 3.20. The van der Waals surface area contributed by atoms with Crippen molar-refractivity contribution in [2.75, 3.05) is 27.4 Å². The van der Waals surface area contributed by atoms with Crippen molar-refractivity contribution in [3.63, 3.8) is 0 Å². The lowest BCUT2D eigenvalue weighted by molar-refractivity contribution is -0.132. The molecule has 1 amide bonds. The van der Waals surface area contributed by atoms with Crippen molar-refractivity contribution >= 4 is 27.5 Å². The van der Waals surface area contributed by atoms with E-state index in [1.165, 1.54) is 0 Å². The molecule has 2 aromatic carbocycles. The molecule has 0 saturated heterocycles. The van der Waals surface area contributed by atoms with Crippen LogP contribution in [-0.2, 0) is 11.3 Å². The average molecular weight is 398 g/mol. The van der Waals surface area contributed by atoms with Gasteiger partial charge in [0.25, 0.3) is 0 Å². The Morgan fingerprint density at radius 1 is 1.18 bits per heavy atom. The quantitative estimate of drug-likeness (QED) is 0.635. The molecule has 0 N–H and O–H groups in total. The van der Waals surface area contributed by atoms with Crippen LogP contribution in [0.1, 0.15) is 23.5 Å². The molecule has 1 aliphatic rings. The Bertz CT molecular complexity index is 970. The van der Waals surface area contributed by atoms with E-state index in [0.29, 0.717) is 13.1 Å². The molecule has 0 fully saturated rings. The summed E-state index contributed by atoms with van der Waals surface area (Å²) in [5.41, 5.74) is 2.07. The average Bonchev–Trinajstić information content (AvgIpc) is 3.32. The molecule has 0 bridgehead atoms. The first kappa shape index (κ1) is 18.7. The van der Waals surface area contributed by atoms with Gasteiger partial charge in [-0.1, -0.05) is 18.2 Å². The van der Waals surface area contributed by atoms with Crippen molar-refractivity contribution in [2.45, 2.75) is 19.5 Å². The van der Waals surface area contributed by atoms with Gasteiger partial charge in [0.2, 0.25) is 12.7 Å². The minimum Gasteiger partial charge on any atom is -0.454 e. The van der Waals surface area contributed by atoms with Crippen molar-refractivity contribution in [1.82, 2.24) is 14.8 Å². The van der Waals surface area contributed by atoms with E-state index in [1.807, 2.05) is 62.3 Å². The van der Waals surface area contributed by atoms with Gasteiger partial charge in [-0.2, -0.15) is 0 Å². The molecule has 1 aliphatic heterocycles. The normalized spacial score (nSPS) is 13.9. The molecule has 0 unspecified atom stereocenters. The fourth-order valence-corrected chi connectivity index (χ4v) is 4.26. The van der Waals surface area contributed by atoms with Gasteiger partial charge in [-0.3, -0.25) is 9.69 Å². The number of thiazole rings is 1. The third-order valence-electron chi connectivity index (χ3n) is 4.94. The highest BCUT2D eigenvalue weighted by Crippen LogP contribution is 2.33. The SMILES string of the molecule is C[C@H](c1nc2ccccc2s1)N(C)C(=O)CN(C)Cc1ccc2c(c1)OCO2. The third kappa shape index (κ3) is 3.81. The van der Waals surface area contributed by atoms with Crippen LogP contribution in [0.15, 0.2) is 42.5 Å². The topological polar surface area (TPSA) is 54.9 Å². The first-order chi connectivity index (χ1) is 13.5. The van der Waals surface area contributed by atoms with Crippen molar-refractivity contribution in [1.29, 1.82) is 0 Å². The Morgan fingerprint density at radius 3 is 2.79 bits per heavy atom. The lowest BCUT2D eigenvalue weighted by atomic mass is 10.2. The highest BCUT2D eigenvalue weighted by Gasteiger charge is 2.22. The van der Waals surface area contributed by atoms with Crippen LogP contribution >= 0.6 is 11.3 Å². The predicted octanol–water partition coefficient (Wildman–Crippen LogP) is 3.68. The summed E-state index contributed by atoms with van der Waals surface area (Å²) in [6.45, 7) is 3.28. The zero-order valence-corrected chi connectivity index (χ0v) is 17.0. The summed E-state index contributed by atoms with van der Waals surface area (Å²) in [7, 11) is 3.78. The summed E-state index contributed by atoms with van der Waals surface area (Å²) in [6, 6.07) is 13.9. The van der Waals surface area contributed by atoms with E-state index in [9.17, 15) is 4.79 Å². The molecule has 0 radical (unpaired) electrons. The highest BCUT2D eigenvalue weighted by molar-refractivity contribution is 7.18. The van der Waals surface area contributed by atoms with E-state index in [2.05, 4.69) is 11.1 Å². The smallest absolute Gasteiger partial charge is 0.237 e. The van der Waals surface area contributed by atoms with Crippen LogP contribution < -0.4 is 9.47 Å². The zero-order valence-electron chi connectivity index (χ0n) is 16.2. The lowest BCUT2D eigenvalue weighted by Crippen LogP contribution is -2.37. The van der Waals surface area contributed by atoms with Gasteiger partial charge >= 0.3 is 0 Å². The van der Waals surface area contributed by atoms with Crippen LogP contribution in [0.3, 0.4) is 0 Å². The summed E-state index contributed by atoms with van der Waals surface area (Å²) in [6.07, 6.45) is 0. The molecule has 3 aromatic rings. The molecule has 1 aromatic heterocycles. The first-order valence-corrected chi connectivity index (χ1v) is 10.0. The number of carbonyl (C=O) groups excluding carboxylic acids is 1. The van der Waals surface area contributed by atoms with Gasteiger partial charge < -0.3 is 14.4 Å². The number of nitrogens with zero attached hydrogens (tertiary/aromatic N) is 3. The second-order valence-electron chi connectivity index (χ2n) is 7.06. The van der Waals surface area contributed by atoms with E-state index in [4.69, 9.17) is 9.47 Å². The van der Waals surface area contributed by atoms with Gasteiger partial charge in [0, 0.05) is 13.6 Å². The number of carbonyl (C=O) groups is 1. The molecular weight excluding hydrogens is 374 g/mol. The van der Waals surface area contributed by atoms with Crippen LogP contribution in [0.25, 0.3) is 10.2 Å². The molecule has 7 heteroatoms. The van der Waals surface area contributed by atoms with Crippen LogP contribution in [0.2, 0.25) is 0 Å². The number of fused-ring (bicyclic) bond motifs is 2. The van der Waals surface area contributed by atoms with Crippen molar-refractivity contribution in [3.8, 4) is 11.5 Å². The zero-order chi connectivity index (χ0) is 19.7. The summed E-state index contributed by atoms with van der Waals surface area (Å²) < 4.78 is 11.9. The van der Waals surface area contributed by atoms with Crippen molar-refractivity contribution in [2.24, 2.45) is 0 Å². The Kier molecular flexibility index (Phi) is 5.19. The van der Waals surface area contributed by atoms with Crippen LogP contribution in [-0.4, -0.2) is 48.1 Å². The molecule has 2 heterocycles. The van der Waals surface area contributed by atoms with Gasteiger partial charge in [-0.05, 0) is 43.8 Å². The summed E-state index contributed by atoms with van der Waals surface area (Å²) in [4.78, 5) is 21.2. The Morgan fingerprint density at radius 2 is 1.96 bits per heavy atom. The molecule has 28 heavy (non-hydrogen) atoms. The Hall–Kier alpha value is -2.64. The Balaban J connectivity index is 1.37. The maximum Gasteiger partial charge on any atom is 0.237 e. The lowest BCUT2D eigenvalue weighted by Gasteiger charge is -2.26. The Labute approximate surface area is 168 Å². The molecule has 6 nitrogen and oxygen atoms in total. The van der Waals surface area contributed by atoms with E-state index in [0.717, 1.165) is 32.3 Å². The predicted molar refractivity (Wildman–Crippen MR) is 110 cm³/mol. The molecule has 0 spiro atoms. The molecular formula is C21H23N3O3S. The summed E-state index contributed by atoms with van der Waals surface area (Å²) in [5.74, 6) is 1.60. The van der Waals surface area contributed by atoms with E-state index >= 15 is 0 Å². The summed E-state index contributed by atoms with van der Waals surface area (Å²) in [5, 5.41) is 0.954.